The summed E-state index contributed by atoms with van der Waals surface area (Å²) in [6.07, 6.45) is -1.81. The third-order valence-corrected chi connectivity index (χ3v) is 19.5. The minimum atomic E-state index is -1.88. The number of aliphatic carboxylic acids is 1. The van der Waals surface area contributed by atoms with Crippen LogP contribution < -0.4 is 91.2 Å². The second-order valence-electron chi connectivity index (χ2n) is 25.4. The molecule has 0 spiro atoms. The Labute approximate surface area is 588 Å². The fourth-order valence-electron chi connectivity index (χ4n) is 11.6. The lowest BCUT2D eigenvalue weighted by molar-refractivity contribution is -0.145. The Morgan fingerprint density at radius 3 is 1.89 bits per heavy atom. The Morgan fingerprint density at radius 2 is 1.23 bits per heavy atom. The second kappa shape index (κ2) is 39.9. The Hall–Kier alpha value is -8.00. The minimum Gasteiger partial charge on any atom is -0.508 e. The van der Waals surface area contributed by atoms with E-state index < -0.39 is 131 Å². The first kappa shape index (κ1) is 79.3. The second-order valence-corrected chi connectivity index (χ2v) is 27.9. The lowest BCUT2D eigenvalue weighted by atomic mass is 10.0. The van der Waals surface area contributed by atoms with Crippen LogP contribution in [-0.2, 0) is 67.2 Å². The number of aromatic nitrogens is 1. The highest BCUT2D eigenvalue weighted by Crippen LogP contribution is 2.25. The number of benzene rings is 3. The molecule has 100 heavy (non-hydrogen) atoms. The van der Waals surface area contributed by atoms with Gasteiger partial charge in [-0.3, -0.25) is 53.8 Å². The van der Waals surface area contributed by atoms with Gasteiger partial charge in [0.1, 0.15) is 53.7 Å². The fraction of sp³-hybridized carbons (Fsp3) is 0.545. The van der Waals surface area contributed by atoms with Crippen LogP contribution in [0.2, 0.25) is 0 Å². The first-order valence-corrected chi connectivity index (χ1v) is 36.2. The number of phenolic OH excluding ortho intramolecular Hbond substituents is 1. The Morgan fingerprint density at radius 1 is 0.630 bits per heavy atom. The van der Waals surface area contributed by atoms with Gasteiger partial charge < -0.3 is 106 Å². The molecule has 4 unspecified atom stereocenters. The molecule has 3 fully saturated rings. The maximum Gasteiger partial charge on any atom is 0.328 e. The SMILES string of the molecule is CC(O)C(NC(=O)[C@@H]1CSSC[C@H](NC(=O)[C@@H](Cc2ccccc2)NC(=O)CCCC(=O)N[C@]23CNCCNC[C@](N)(CNCCNC2)NCCN3)C(=O)N[C@@H](Cc2ccc(O)cc2)C(=O)N[C@H](Cc2c[nH]c3ccccc23)C(=O)N[C@@H](CCCCN)C(=O)NC(C(C)O)C(=O)N1)C(=O)O. The highest BCUT2D eigenvalue weighted by molar-refractivity contribution is 8.76. The Kier molecular flexibility index (Phi) is 31.6. The third kappa shape index (κ3) is 25.3. The molecule has 2 bridgehead atoms. The topological polar surface area (TPSA) is 500 Å². The van der Waals surface area contributed by atoms with Gasteiger partial charge in [-0.2, -0.15) is 0 Å². The summed E-state index contributed by atoms with van der Waals surface area (Å²) in [5.41, 5.74) is 13.2. The molecular weight excluding hydrogens is 1330 g/mol. The molecule has 24 N–H and O–H groups in total. The maximum atomic E-state index is 15.2. The number of phenols is 1. The standard InChI is InChI=1S/C66H98N18O14S2/c1-39(85)55-63(96)81-52(62(95)83-56(40(2)86)64(97)98)34-100-99-33-51(61(94)78-49(30-42-18-20-44(87)21-19-42)59(92)79-50(31-43-32-73-46-14-7-6-13-45(43)46)60(93)77-47(57(90)82-55)15-8-9-22-67)80-58(91)48(29-41-11-4-3-5-12-41)76-53(88)16-10-17-54(89)84-66-37-71-25-23-69-35-65(68,74-27-28-75-66)36-70-24-26-72-38-66/h3-7,11-14,18-21,32,39-40,47-52,55-56,69-75,85-87H,8-10,15-17,22-31,33-38,67-68H2,1-2H3,(H,76,88)(H,77,93)(H,78,94)(H,79,92)(H,80,91)(H,81,96)(H,82,90)(H,83,95)(H,84,89)(H,97,98)/t39?,40?,47-,48+,49-,50+,51-,52-,55?,56?,65-,66-/m0/s1. The number of aliphatic hydroxyl groups excluding tert-OH is 2. The number of carbonyl (C=O) groups is 10. The summed E-state index contributed by atoms with van der Waals surface area (Å²) >= 11 is 0. The van der Waals surface area contributed by atoms with Crippen molar-refractivity contribution in [3.05, 3.63) is 102 Å². The van der Waals surface area contributed by atoms with E-state index in [1.54, 1.807) is 60.8 Å². The molecule has 3 aliphatic rings. The summed E-state index contributed by atoms with van der Waals surface area (Å²) < 4.78 is 0. The van der Waals surface area contributed by atoms with Gasteiger partial charge in [0.25, 0.3) is 0 Å². The Bertz CT molecular complexity index is 3360. The highest BCUT2D eigenvalue weighted by Gasteiger charge is 2.39. The molecule has 34 heteroatoms. The molecule has 32 nitrogen and oxygen atoms in total. The number of H-pyrrole nitrogens is 1. The lowest BCUT2D eigenvalue weighted by Gasteiger charge is -2.39. The summed E-state index contributed by atoms with van der Waals surface area (Å²) in [5, 5.41) is 87.2. The van der Waals surface area contributed by atoms with Crippen molar-refractivity contribution in [2.24, 2.45) is 11.5 Å². The first-order valence-electron chi connectivity index (χ1n) is 33.7. The number of aromatic amines is 1. The van der Waals surface area contributed by atoms with E-state index in [4.69, 9.17) is 11.5 Å². The number of nitrogens with two attached hydrogens (primary N) is 2. The maximum absolute atomic E-state index is 15.2. The number of carbonyl (C=O) groups excluding carboxylic acids is 9. The van der Waals surface area contributed by atoms with Crippen LogP contribution in [0, 0.1) is 0 Å². The zero-order valence-electron chi connectivity index (χ0n) is 56.3. The van der Waals surface area contributed by atoms with Crippen molar-refractivity contribution in [1.82, 2.24) is 84.7 Å². The van der Waals surface area contributed by atoms with Gasteiger partial charge >= 0.3 is 5.97 Å². The molecule has 7 rings (SSSR count). The number of unbranched alkanes of at least 4 members (excludes halogenated alkanes) is 1. The summed E-state index contributed by atoms with van der Waals surface area (Å²) in [6.45, 7) is 7.62. The molecular formula is C66H98N18O14S2. The van der Waals surface area contributed by atoms with Crippen LogP contribution >= 0.6 is 21.6 Å². The van der Waals surface area contributed by atoms with Crippen LogP contribution in [0.15, 0.2) is 85.1 Å². The smallest absolute Gasteiger partial charge is 0.328 e. The zero-order chi connectivity index (χ0) is 72.2. The van der Waals surface area contributed by atoms with E-state index >= 15 is 14.4 Å². The number of nitrogens with one attached hydrogen (secondary N) is 16. The zero-order valence-corrected chi connectivity index (χ0v) is 57.9. The molecule has 548 valence electrons. The van der Waals surface area contributed by atoms with Gasteiger partial charge in [-0.25, -0.2) is 4.79 Å². The van der Waals surface area contributed by atoms with Gasteiger partial charge in [0, 0.05) is 126 Å². The van der Waals surface area contributed by atoms with Gasteiger partial charge in [0.2, 0.25) is 53.2 Å². The van der Waals surface area contributed by atoms with Crippen molar-refractivity contribution >= 4 is 91.6 Å². The normalized spacial score (nSPS) is 25.0. The monoisotopic (exact) mass is 1430 g/mol. The van der Waals surface area contributed by atoms with Crippen LogP contribution in [0.25, 0.3) is 10.9 Å². The van der Waals surface area contributed by atoms with Crippen molar-refractivity contribution < 1.29 is 68.4 Å². The summed E-state index contributed by atoms with van der Waals surface area (Å²) in [6, 6.07) is 8.82. The molecule has 3 aliphatic heterocycles. The average Bonchev–Trinajstić information content (AvgIpc) is 1.63. The van der Waals surface area contributed by atoms with Gasteiger partial charge in [-0.05, 0) is 81.0 Å². The van der Waals surface area contributed by atoms with Crippen molar-refractivity contribution in [2.75, 3.05) is 83.5 Å². The first-order chi connectivity index (χ1) is 47.9. The highest BCUT2D eigenvalue weighted by atomic mass is 33.1. The molecule has 1 aromatic heterocycles. The van der Waals surface area contributed by atoms with Crippen LogP contribution in [0.1, 0.15) is 69.1 Å². The van der Waals surface area contributed by atoms with E-state index in [1.807, 2.05) is 0 Å². The third-order valence-electron chi connectivity index (χ3n) is 17.1. The number of hydrogen-bond donors (Lipinski definition) is 22. The van der Waals surface area contributed by atoms with Crippen LogP contribution in [0.3, 0.4) is 0 Å². The Balaban J connectivity index is 1.20. The van der Waals surface area contributed by atoms with Gasteiger partial charge in [-0.1, -0.05) is 82.3 Å². The van der Waals surface area contributed by atoms with Gasteiger partial charge in [0.15, 0.2) is 6.04 Å². The van der Waals surface area contributed by atoms with Gasteiger partial charge in [-0.15, -0.1) is 0 Å². The molecule has 3 saturated heterocycles. The van der Waals surface area contributed by atoms with Crippen molar-refractivity contribution in [3.63, 3.8) is 0 Å². The van der Waals surface area contributed by atoms with E-state index in [-0.39, 0.29) is 75.3 Å². The number of carboxylic acid groups (broad SMARTS) is 1. The number of amides is 9. The number of fused-ring (bicyclic) bond motifs is 6. The number of aliphatic hydroxyl groups is 2. The van der Waals surface area contributed by atoms with Crippen molar-refractivity contribution in [2.45, 2.75) is 144 Å². The predicted octanol–water partition coefficient (Wildman–Crippen LogP) is -4.65. The number of hydrogen-bond acceptors (Lipinski definition) is 23. The van der Waals surface area contributed by atoms with E-state index in [2.05, 4.69) is 84.7 Å². The molecule has 4 aromatic rings. The number of aromatic hydroxyl groups is 1. The molecule has 0 radical (unpaired) electrons. The molecule has 0 saturated carbocycles. The fourth-order valence-corrected chi connectivity index (χ4v) is 13.9. The molecule has 4 heterocycles. The van der Waals surface area contributed by atoms with E-state index in [0.29, 0.717) is 99.5 Å². The number of carboxylic acids is 1. The van der Waals surface area contributed by atoms with E-state index in [9.17, 15) is 54.0 Å². The lowest BCUT2D eigenvalue weighted by Crippen LogP contribution is -2.72. The quantitative estimate of drug-likeness (QED) is 0.0245. The van der Waals surface area contributed by atoms with E-state index in [1.165, 1.54) is 31.2 Å². The van der Waals surface area contributed by atoms with Crippen molar-refractivity contribution in [3.8, 4) is 5.75 Å². The predicted molar refractivity (Wildman–Crippen MR) is 377 cm³/mol. The molecule has 0 aliphatic carbocycles. The summed E-state index contributed by atoms with van der Waals surface area (Å²) in [4.78, 5) is 147. The number of rotatable bonds is 23. The van der Waals surface area contributed by atoms with Crippen LogP contribution in [0.4, 0.5) is 0 Å². The molecule has 10 atom stereocenters. The largest absolute Gasteiger partial charge is 0.508 e. The van der Waals surface area contributed by atoms with Crippen LogP contribution in [-0.4, -0.2) is 240 Å². The van der Waals surface area contributed by atoms with E-state index in [0.717, 1.165) is 28.5 Å². The molecule has 3 aromatic carbocycles. The van der Waals surface area contributed by atoms with Gasteiger partial charge in [0.05, 0.1) is 17.9 Å². The average molecular weight is 1430 g/mol. The number of para-hydroxylation sites is 1. The summed E-state index contributed by atoms with van der Waals surface area (Å²) in [5.74, 6) is -10.3. The van der Waals surface area contributed by atoms with Crippen LogP contribution in [0.5, 0.6) is 5.75 Å². The summed E-state index contributed by atoms with van der Waals surface area (Å²) in [7, 11) is 1.75. The minimum absolute atomic E-state index is 0.0608. The van der Waals surface area contributed by atoms with Crippen molar-refractivity contribution in [1.29, 1.82) is 0 Å². The molecule has 9 amide bonds.